The summed E-state index contributed by atoms with van der Waals surface area (Å²) in [6.45, 7) is 7.28. The maximum Gasteiger partial charge on any atom is 2.00 e. The molecular formula is C32H62CaN4O8. The van der Waals surface area contributed by atoms with Crippen LogP contribution in [-0.2, 0) is 14.4 Å². The van der Waals surface area contributed by atoms with Crippen LogP contribution >= 0.6 is 0 Å². The topological polar surface area (TPSA) is 189 Å². The number of carboxylic acid groups (broad SMARTS) is 2. The molecule has 1 amide bonds. The zero-order chi connectivity index (χ0) is 33.3. The van der Waals surface area contributed by atoms with E-state index < -0.39 is 11.9 Å². The summed E-state index contributed by atoms with van der Waals surface area (Å²) in [4.78, 5) is 40.6. The Morgan fingerprint density at radius 1 is 0.667 bits per heavy atom. The molecule has 0 radical (unpaired) electrons. The predicted molar refractivity (Wildman–Crippen MR) is 176 cm³/mol. The molecule has 0 atom stereocenters. The summed E-state index contributed by atoms with van der Waals surface area (Å²) in [5, 5.41) is 51.5. The molecule has 45 heavy (non-hydrogen) atoms. The Balaban J connectivity index is -0.000000767. The molecule has 0 bridgehead atoms. The number of unbranched alkanes of at least 4 members (excludes halogenated alkanes) is 10. The third kappa shape index (κ3) is 39.1. The molecule has 0 aromatic carbocycles. The van der Waals surface area contributed by atoms with Gasteiger partial charge in [-0.1, -0.05) is 65.2 Å². The molecule has 0 saturated heterocycles. The number of hydrogen-bond donors (Lipinski definition) is 4. The van der Waals surface area contributed by atoms with Gasteiger partial charge in [0.2, 0.25) is 5.91 Å². The van der Waals surface area contributed by atoms with Crippen LogP contribution in [0.15, 0.2) is 4.99 Å². The molecule has 0 unspecified atom stereocenters. The van der Waals surface area contributed by atoms with Gasteiger partial charge in [-0.2, -0.15) is 0 Å². The monoisotopic (exact) mass is 670 g/mol. The molecular weight excluding hydrogens is 608 g/mol. The second-order valence-corrected chi connectivity index (χ2v) is 11.1. The van der Waals surface area contributed by atoms with Crippen LogP contribution in [0.1, 0.15) is 117 Å². The fraction of sp³-hybridized carbons (Fsp3) is 0.875. The smallest absolute Gasteiger partial charge is 0.862 e. The van der Waals surface area contributed by atoms with Crippen molar-refractivity contribution in [3.63, 3.8) is 0 Å². The van der Waals surface area contributed by atoms with Crippen LogP contribution in [0.5, 0.6) is 0 Å². The molecule has 0 spiro atoms. The third-order valence-corrected chi connectivity index (χ3v) is 6.93. The Labute approximate surface area is 302 Å². The molecule has 0 saturated carbocycles. The number of carbonyl (C=O) groups excluding carboxylic acids is 2. The third-order valence-electron chi connectivity index (χ3n) is 6.93. The number of aliphatic imine (C=N–C) groups is 1. The summed E-state index contributed by atoms with van der Waals surface area (Å²) in [6.07, 6.45) is 14.9. The molecule has 260 valence electrons. The summed E-state index contributed by atoms with van der Waals surface area (Å²) >= 11 is 0. The zero-order valence-electron chi connectivity index (χ0n) is 28.3. The van der Waals surface area contributed by atoms with Gasteiger partial charge in [-0.15, -0.1) is 0 Å². The first-order valence-corrected chi connectivity index (χ1v) is 16.7. The number of aliphatic hydroxyl groups is 2. The SMILES string of the molecule is CCCCCCCC(=O)NCCN(CCCCO)CC(=O)O.CCCCCCCC([O-])=NCCN(CCCCO)CC(=O)[O-].[Ca+2]. The van der Waals surface area contributed by atoms with Crippen LogP contribution in [0, 0.1) is 0 Å². The molecule has 0 aliphatic rings. The minimum absolute atomic E-state index is 0. The van der Waals surface area contributed by atoms with Crippen LogP contribution in [0.3, 0.4) is 0 Å². The van der Waals surface area contributed by atoms with E-state index in [2.05, 4.69) is 24.2 Å². The van der Waals surface area contributed by atoms with E-state index in [0.717, 1.165) is 44.9 Å². The van der Waals surface area contributed by atoms with E-state index in [1.807, 2.05) is 0 Å². The number of carboxylic acids is 2. The Kier molecular flexibility index (Phi) is 40.2. The second kappa shape index (κ2) is 37.4. The van der Waals surface area contributed by atoms with Gasteiger partial charge in [0, 0.05) is 45.8 Å². The van der Waals surface area contributed by atoms with Gasteiger partial charge in [0.1, 0.15) is 0 Å². The number of nitrogens with one attached hydrogen (secondary N) is 1. The van der Waals surface area contributed by atoms with E-state index in [-0.39, 0.29) is 75.8 Å². The summed E-state index contributed by atoms with van der Waals surface area (Å²) in [5.41, 5.74) is 0. The number of rotatable bonds is 30. The standard InChI is InChI=1S/2C16H32N2O4.Ca/c2*1-2-3-4-5-6-9-15(20)17-10-12-18(14-16(21)22)11-7-8-13-19;/h2*19H,2-14H2,1H3,(H,17,20)(H,21,22);/q;;+2/p-2. The number of hydrogen-bond acceptors (Lipinski definition) is 10. The van der Waals surface area contributed by atoms with E-state index in [0.29, 0.717) is 65.0 Å². The Morgan fingerprint density at radius 2 is 1.18 bits per heavy atom. The fourth-order valence-corrected chi connectivity index (χ4v) is 4.41. The molecule has 0 heterocycles. The Hall–Kier alpha value is -1.02. The number of carbonyl (C=O) groups is 3. The molecule has 0 aliphatic heterocycles. The minimum Gasteiger partial charge on any atom is -0.862 e. The van der Waals surface area contributed by atoms with E-state index in [1.165, 1.54) is 32.1 Å². The van der Waals surface area contributed by atoms with Gasteiger partial charge in [-0.3, -0.25) is 19.4 Å². The largest absolute Gasteiger partial charge is 2.00 e. The quantitative estimate of drug-likeness (QED) is 0.0374. The predicted octanol–water partition coefficient (Wildman–Crippen LogP) is 1.17. The van der Waals surface area contributed by atoms with Crippen molar-refractivity contribution in [2.75, 3.05) is 65.6 Å². The van der Waals surface area contributed by atoms with Crippen LogP contribution < -0.4 is 15.5 Å². The molecule has 0 aromatic rings. The van der Waals surface area contributed by atoms with Crippen molar-refractivity contribution in [2.24, 2.45) is 4.99 Å². The van der Waals surface area contributed by atoms with Crippen molar-refractivity contribution >= 4 is 61.5 Å². The summed E-state index contributed by atoms with van der Waals surface area (Å²) in [7, 11) is 0. The molecule has 13 heteroatoms. The van der Waals surface area contributed by atoms with Gasteiger partial charge >= 0.3 is 43.7 Å². The normalized spacial score (nSPS) is 11.2. The first kappa shape index (κ1) is 48.4. The van der Waals surface area contributed by atoms with Crippen molar-refractivity contribution in [3.8, 4) is 0 Å². The van der Waals surface area contributed by atoms with Gasteiger partial charge in [0.15, 0.2) is 0 Å². The van der Waals surface area contributed by atoms with E-state index in [1.54, 1.807) is 9.80 Å². The molecule has 0 rings (SSSR count). The molecule has 4 N–H and O–H groups in total. The van der Waals surface area contributed by atoms with Crippen LogP contribution in [-0.4, -0.2) is 152 Å². The van der Waals surface area contributed by atoms with Crippen molar-refractivity contribution < 1.29 is 39.9 Å². The van der Waals surface area contributed by atoms with Crippen LogP contribution in [0.4, 0.5) is 0 Å². The number of aliphatic hydroxyl groups excluding tert-OH is 2. The van der Waals surface area contributed by atoms with Gasteiger partial charge in [0.25, 0.3) is 0 Å². The van der Waals surface area contributed by atoms with Gasteiger partial charge in [-0.05, 0) is 63.9 Å². The summed E-state index contributed by atoms with van der Waals surface area (Å²) in [6, 6.07) is 0. The average molecular weight is 671 g/mol. The number of amides is 1. The second-order valence-electron chi connectivity index (χ2n) is 11.1. The summed E-state index contributed by atoms with van der Waals surface area (Å²) < 4.78 is 0. The first-order valence-electron chi connectivity index (χ1n) is 16.7. The maximum atomic E-state index is 11.7. The Bertz CT molecular complexity index is 731. The number of aliphatic carboxylic acids is 2. The van der Waals surface area contributed by atoms with Gasteiger partial charge < -0.3 is 40.6 Å². The van der Waals surface area contributed by atoms with E-state index >= 15 is 0 Å². The van der Waals surface area contributed by atoms with Crippen molar-refractivity contribution in [2.45, 2.75) is 117 Å². The fourth-order valence-electron chi connectivity index (χ4n) is 4.41. The van der Waals surface area contributed by atoms with E-state index in [9.17, 15) is 24.6 Å². The van der Waals surface area contributed by atoms with Crippen LogP contribution in [0.25, 0.3) is 0 Å². The van der Waals surface area contributed by atoms with Crippen molar-refractivity contribution in [1.82, 2.24) is 15.1 Å². The Morgan fingerprint density at radius 3 is 1.67 bits per heavy atom. The molecule has 0 aromatic heterocycles. The first-order chi connectivity index (χ1) is 21.2. The molecule has 0 fully saturated rings. The number of nitrogens with zero attached hydrogens (tertiary/aromatic N) is 3. The van der Waals surface area contributed by atoms with Crippen molar-refractivity contribution in [3.05, 3.63) is 0 Å². The van der Waals surface area contributed by atoms with Crippen molar-refractivity contribution in [1.29, 1.82) is 0 Å². The zero-order valence-corrected chi connectivity index (χ0v) is 30.5. The molecule has 0 aliphatic carbocycles. The van der Waals surface area contributed by atoms with Crippen LogP contribution in [0.2, 0.25) is 0 Å². The average Bonchev–Trinajstić information content (AvgIpc) is 2.97. The van der Waals surface area contributed by atoms with Gasteiger partial charge in [-0.25, -0.2) is 0 Å². The summed E-state index contributed by atoms with van der Waals surface area (Å²) in [5.74, 6) is -2.06. The van der Waals surface area contributed by atoms with E-state index in [4.69, 9.17) is 15.3 Å². The maximum absolute atomic E-state index is 11.7. The minimum atomic E-state index is -1.13. The van der Waals surface area contributed by atoms with Gasteiger partial charge in [0.05, 0.1) is 19.1 Å². The molecule has 12 nitrogen and oxygen atoms in total.